The number of hydrogen-bond acceptors (Lipinski definition) is 2. The summed E-state index contributed by atoms with van der Waals surface area (Å²) in [5.41, 5.74) is 1.12. The molecule has 0 aliphatic carbocycles. The lowest BCUT2D eigenvalue weighted by atomic mass is 10.1. The smallest absolute Gasteiger partial charge is 0.234 e. The van der Waals surface area contributed by atoms with Crippen molar-refractivity contribution in [3.8, 4) is 0 Å². The summed E-state index contributed by atoms with van der Waals surface area (Å²) in [6.07, 6.45) is 0. The van der Waals surface area contributed by atoms with E-state index in [-0.39, 0.29) is 5.91 Å². The van der Waals surface area contributed by atoms with Gasteiger partial charge in [0.1, 0.15) is 0 Å². The van der Waals surface area contributed by atoms with E-state index in [1.807, 2.05) is 30.3 Å². The van der Waals surface area contributed by atoms with Crippen LogP contribution in [0.4, 0.5) is 0 Å². The molecule has 3 nitrogen and oxygen atoms in total. The van der Waals surface area contributed by atoms with E-state index in [1.165, 1.54) is 0 Å². The van der Waals surface area contributed by atoms with Gasteiger partial charge in [0.05, 0.1) is 6.54 Å². The summed E-state index contributed by atoms with van der Waals surface area (Å²) in [4.78, 5) is 11.6. The van der Waals surface area contributed by atoms with Gasteiger partial charge in [-0.2, -0.15) is 0 Å². The summed E-state index contributed by atoms with van der Waals surface area (Å²) >= 11 is 0. The van der Waals surface area contributed by atoms with Gasteiger partial charge >= 0.3 is 0 Å². The van der Waals surface area contributed by atoms with Gasteiger partial charge in [0, 0.05) is 12.6 Å². The molecule has 1 atom stereocenters. The molecule has 3 heteroatoms. The van der Waals surface area contributed by atoms with Gasteiger partial charge in [-0.25, -0.2) is 0 Å². The molecular formula is C14H22N2O. The molecule has 0 aliphatic rings. The number of amides is 1. The highest BCUT2D eigenvalue weighted by molar-refractivity contribution is 5.77. The van der Waals surface area contributed by atoms with Gasteiger partial charge in [-0.3, -0.25) is 4.79 Å². The maximum atomic E-state index is 11.6. The van der Waals surface area contributed by atoms with E-state index in [1.54, 1.807) is 0 Å². The van der Waals surface area contributed by atoms with Gasteiger partial charge in [-0.05, 0) is 18.4 Å². The summed E-state index contributed by atoms with van der Waals surface area (Å²) < 4.78 is 0. The number of carbonyl (C=O) groups excluding carboxylic acids is 1. The molecule has 1 amide bonds. The average molecular weight is 234 g/mol. The Morgan fingerprint density at radius 2 is 1.82 bits per heavy atom. The van der Waals surface area contributed by atoms with Crippen LogP contribution in [0.15, 0.2) is 30.3 Å². The Balaban J connectivity index is 2.22. The van der Waals surface area contributed by atoms with Gasteiger partial charge in [-0.1, -0.05) is 44.2 Å². The van der Waals surface area contributed by atoms with Gasteiger partial charge in [0.2, 0.25) is 5.91 Å². The van der Waals surface area contributed by atoms with E-state index in [0.29, 0.717) is 25.0 Å². The molecule has 0 spiro atoms. The first-order valence-corrected chi connectivity index (χ1v) is 6.13. The third-order valence-corrected chi connectivity index (χ3v) is 2.92. The molecule has 0 bridgehead atoms. The zero-order valence-corrected chi connectivity index (χ0v) is 10.9. The largest absolute Gasteiger partial charge is 0.351 e. The van der Waals surface area contributed by atoms with E-state index in [9.17, 15) is 4.79 Å². The van der Waals surface area contributed by atoms with Crippen molar-refractivity contribution in [3.63, 3.8) is 0 Å². The SMILES string of the molecule is CC(C)C(C)NCC(=O)NCc1ccccc1. The summed E-state index contributed by atoms with van der Waals surface area (Å²) in [5.74, 6) is 0.582. The fourth-order valence-electron chi connectivity index (χ4n) is 1.35. The van der Waals surface area contributed by atoms with Crippen LogP contribution in [0.3, 0.4) is 0 Å². The van der Waals surface area contributed by atoms with Gasteiger partial charge < -0.3 is 10.6 Å². The van der Waals surface area contributed by atoms with Gasteiger partial charge in [-0.15, -0.1) is 0 Å². The molecule has 0 saturated heterocycles. The standard InChI is InChI=1S/C14H22N2O/c1-11(2)12(3)15-10-14(17)16-9-13-7-5-4-6-8-13/h4-8,11-12,15H,9-10H2,1-3H3,(H,16,17). The Labute approximate surface area is 104 Å². The average Bonchev–Trinajstić information content (AvgIpc) is 2.34. The first kappa shape index (κ1) is 13.7. The van der Waals surface area contributed by atoms with Gasteiger partial charge in [0.25, 0.3) is 0 Å². The van der Waals surface area contributed by atoms with Crippen molar-refractivity contribution in [1.29, 1.82) is 0 Å². The number of rotatable bonds is 6. The minimum absolute atomic E-state index is 0.0429. The van der Waals surface area contributed by atoms with E-state index < -0.39 is 0 Å². The second-order valence-corrected chi connectivity index (χ2v) is 4.68. The minimum Gasteiger partial charge on any atom is -0.351 e. The van der Waals surface area contributed by atoms with Crippen molar-refractivity contribution in [2.75, 3.05) is 6.54 Å². The zero-order chi connectivity index (χ0) is 12.7. The van der Waals surface area contributed by atoms with Crippen molar-refractivity contribution in [2.24, 2.45) is 5.92 Å². The number of hydrogen-bond donors (Lipinski definition) is 2. The second kappa shape index (κ2) is 7.07. The second-order valence-electron chi connectivity index (χ2n) is 4.68. The van der Waals surface area contributed by atoms with E-state index >= 15 is 0 Å². The fourth-order valence-corrected chi connectivity index (χ4v) is 1.35. The molecular weight excluding hydrogens is 212 g/mol. The van der Waals surface area contributed by atoms with Crippen molar-refractivity contribution in [3.05, 3.63) is 35.9 Å². The van der Waals surface area contributed by atoms with Crippen LogP contribution in [0, 0.1) is 5.92 Å². The number of carbonyl (C=O) groups is 1. The van der Waals surface area contributed by atoms with Crippen molar-refractivity contribution in [1.82, 2.24) is 10.6 Å². The Hall–Kier alpha value is -1.35. The maximum absolute atomic E-state index is 11.6. The van der Waals surface area contributed by atoms with E-state index in [2.05, 4.69) is 31.4 Å². The predicted molar refractivity (Wildman–Crippen MR) is 70.6 cm³/mol. The lowest BCUT2D eigenvalue weighted by Crippen LogP contribution is -2.39. The Kier molecular flexibility index (Phi) is 5.70. The molecule has 0 fully saturated rings. The van der Waals surface area contributed by atoms with E-state index in [4.69, 9.17) is 0 Å². The fraction of sp³-hybridized carbons (Fsp3) is 0.500. The van der Waals surface area contributed by atoms with Crippen molar-refractivity contribution >= 4 is 5.91 Å². The lowest BCUT2D eigenvalue weighted by molar-refractivity contribution is -0.120. The summed E-state index contributed by atoms with van der Waals surface area (Å²) in [5, 5.41) is 6.10. The van der Waals surface area contributed by atoms with Crippen LogP contribution in [0.5, 0.6) is 0 Å². The molecule has 0 heterocycles. The van der Waals surface area contributed by atoms with Gasteiger partial charge in [0.15, 0.2) is 0 Å². The number of nitrogens with one attached hydrogen (secondary N) is 2. The van der Waals surface area contributed by atoms with Crippen molar-refractivity contribution < 1.29 is 4.79 Å². The van der Waals surface area contributed by atoms with Crippen LogP contribution >= 0.6 is 0 Å². The van der Waals surface area contributed by atoms with Crippen LogP contribution in [-0.2, 0) is 11.3 Å². The summed E-state index contributed by atoms with van der Waals surface area (Å²) in [6, 6.07) is 10.3. The molecule has 1 aromatic carbocycles. The van der Waals surface area contributed by atoms with Crippen LogP contribution in [0.25, 0.3) is 0 Å². The molecule has 94 valence electrons. The zero-order valence-electron chi connectivity index (χ0n) is 10.9. The van der Waals surface area contributed by atoms with Crippen molar-refractivity contribution in [2.45, 2.75) is 33.4 Å². The molecule has 1 unspecified atom stereocenters. The highest BCUT2D eigenvalue weighted by Gasteiger charge is 2.08. The predicted octanol–water partition coefficient (Wildman–Crippen LogP) is 1.94. The Morgan fingerprint density at radius 3 is 2.41 bits per heavy atom. The normalized spacial score (nSPS) is 12.5. The third-order valence-electron chi connectivity index (χ3n) is 2.92. The van der Waals surface area contributed by atoms with Crippen LogP contribution < -0.4 is 10.6 Å². The molecule has 0 radical (unpaired) electrons. The highest BCUT2D eigenvalue weighted by Crippen LogP contribution is 1.99. The van der Waals surface area contributed by atoms with E-state index in [0.717, 1.165) is 5.56 Å². The molecule has 17 heavy (non-hydrogen) atoms. The summed E-state index contributed by atoms with van der Waals surface area (Å²) in [7, 11) is 0. The van der Waals surface area contributed by atoms with Crippen LogP contribution in [0.1, 0.15) is 26.3 Å². The first-order valence-electron chi connectivity index (χ1n) is 6.13. The van der Waals surface area contributed by atoms with Crippen LogP contribution in [-0.4, -0.2) is 18.5 Å². The first-order chi connectivity index (χ1) is 8.09. The highest BCUT2D eigenvalue weighted by atomic mass is 16.1. The Morgan fingerprint density at radius 1 is 1.18 bits per heavy atom. The maximum Gasteiger partial charge on any atom is 0.234 e. The topological polar surface area (TPSA) is 41.1 Å². The molecule has 0 saturated carbocycles. The minimum atomic E-state index is 0.0429. The molecule has 1 aromatic rings. The molecule has 0 aromatic heterocycles. The third kappa shape index (κ3) is 5.50. The molecule has 0 aliphatic heterocycles. The Bertz CT molecular complexity index is 335. The lowest BCUT2D eigenvalue weighted by Gasteiger charge is -2.17. The monoisotopic (exact) mass is 234 g/mol. The number of benzene rings is 1. The summed E-state index contributed by atoms with van der Waals surface area (Å²) in [6.45, 7) is 7.35. The quantitative estimate of drug-likeness (QED) is 0.789. The molecule has 1 rings (SSSR count). The molecule has 2 N–H and O–H groups in total. The van der Waals surface area contributed by atoms with Crippen LogP contribution in [0.2, 0.25) is 0 Å².